The van der Waals surface area contributed by atoms with Gasteiger partial charge in [-0.2, -0.15) is 0 Å². The summed E-state index contributed by atoms with van der Waals surface area (Å²) in [5, 5.41) is 10.7. The van der Waals surface area contributed by atoms with Gasteiger partial charge in [-0.05, 0) is 24.1 Å². The van der Waals surface area contributed by atoms with Crippen LogP contribution in [0.5, 0.6) is 0 Å². The largest absolute Gasteiger partial charge is 0.349 e. The Kier molecular flexibility index (Phi) is 4.92. The third-order valence-corrected chi connectivity index (χ3v) is 4.33. The van der Waals surface area contributed by atoms with E-state index in [1.807, 2.05) is 41.8 Å². The quantitative estimate of drug-likeness (QED) is 0.902. The van der Waals surface area contributed by atoms with Crippen LogP contribution in [0.25, 0.3) is 6.08 Å². The zero-order chi connectivity index (χ0) is 17.8. The summed E-state index contributed by atoms with van der Waals surface area (Å²) in [5.41, 5.74) is 2.01. The smallest absolute Gasteiger partial charge is 0.223 e. The van der Waals surface area contributed by atoms with Gasteiger partial charge < -0.3 is 14.8 Å². The molecule has 0 bridgehead atoms. The van der Waals surface area contributed by atoms with Crippen LogP contribution in [0.2, 0.25) is 0 Å². The molecule has 1 aliphatic rings. The first-order valence-corrected chi connectivity index (χ1v) is 8.29. The molecule has 0 saturated carbocycles. The number of fused-ring (bicyclic) bond motifs is 1. The monoisotopic (exact) mass is 339 g/mol. The molecule has 1 aromatic heterocycles. The Bertz CT molecular complexity index is 811. The van der Waals surface area contributed by atoms with E-state index in [-0.39, 0.29) is 24.3 Å². The van der Waals surface area contributed by atoms with Crippen LogP contribution in [0.1, 0.15) is 43.3 Å². The third-order valence-electron chi connectivity index (χ3n) is 4.33. The predicted molar refractivity (Wildman–Crippen MR) is 92.9 cm³/mol. The van der Waals surface area contributed by atoms with Crippen molar-refractivity contribution < 1.29 is 9.59 Å². The molecular weight excluding hydrogens is 318 g/mol. The van der Waals surface area contributed by atoms with Gasteiger partial charge in [-0.25, -0.2) is 0 Å². The van der Waals surface area contributed by atoms with Crippen molar-refractivity contribution in [1.82, 2.24) is 25.0 Å². The van der Waals surface area contributed by atoms with Crippen molar-refractivity contribution in [2.45, 2.75) is 39.4 Å². The predicted octanol–water partition coefficient (Wildman–Crippen LogP) is 1.88. The minimum absolute atomic E-state index is 0.0886. The summed E-state index contributed by atoms with van der Waals surface area (Å²) in [6.45, 7) is 4.56. The van der Waals surface area contributed by atoms with Gasteiger partial charge in [-0.3, -0.25) is 9.59 Å². The number of hydrogen-bond donors (Lipinski definition) is 1. The molecular formula is C18H21N5O2. The third kappa shape index (κ3) is 3.60. The molecule has 1 N–H and O–H groups in total. The number of amides is 2. The molecule has 0 radical (unpaired) electrons. The molecule has 0 unspecified atom stereocenters. The van der Waals surface area contributed by atoms with E-state index in [4.69, 9.17) is 0 Å². The van der Waals surface area contributed by atoms with E-state index in [0.29, 0.717) is 12.4 Å². The Labute approximate surface area is 146 Å². The van der Waals surface area contributed by atoms with E-state index in [9.17, 15) is 9.59 Å². The lowest BCUT2D eigenvalue weighted by atomic mass is 9.93. The van der Waals surface area contributed by atoms with Gasteiger partial charge in [-0.15, -0.1) is 10.2 Å². The number of carbonyl (C=O) groups is 2. The number of nitrogens with zero attached hydrogens (tertiary/aromatic N) is 4. The number of carbonyl (C=O) groups excluding carboxylic acids is 2. The Morgan fingerprint density at radius 1 is 1.28 bits per heavy atom. The summed E-state index contributed by atoms with van der Waals surface area (Å²) in [6.07, 6.45) is 5.48. The molecule has 0 saturated heterocycles. The van der Waals surface area contributed by atoms with E-state index in [1.54, 1.807) is 17.4 Å². The standard InChI is InChI=1S/C18H21N5O2/c1-3-22-12-20-21-17(22)11-19-18(25)10-16-15-7-5-4-6-14(15)8-9-23(16)13(2)24/h4-9,12,16H,3,10-11H2,1-2H3,(H,19,25)/t16-/m1/s1. The zero-order valence-corrected chi connectivity index (χ0v) is 14.3. The van der Waals surface area contributed by atoms with Crippen LogP contribution in [0.15, 0.2) is 36.8 Å². The summed E-state index contributed by atoms with van der Waals surface area (Å²) in [5.74, 6) is 0.490. The van der Waals surface area contributed by atoms with Gasteiger partial charge in [0.05, 0.1) is 19.0 Å². The molecule has 1 atom stereocenters. The van der Waals surface area contributed by atoms with Crippen LogP contribution in [0.4, 0.5) is 0 Å². The molecule has 25 heavy (non-hydrogen) atoms. The topological polar surface area (TPSA) is 80.1 Å². The first-order chi connectivity index (χ1) is 12.1. The highest BCUT2D eigenvalue weighted by Crippen LogP contribution is 2.32. The van der Waals surface area contributed by atoms with Gasteiger partial charge in [0.15, 0.2) is 5.82 Å². The lowest BCUT2D eigenvalue weighted by molar-refractivity contribution is -0.130. The summed E-state index contributed by atoms with van der Waals surface area (Å²) in [6, 6.07) is 7.51. The maximum atomic E-state index is 12.5. The van der Waals surface area contributed by atoms with Crippen LogP contribution >= 0.6 is 0 Å². The van der Waals surface area contributed by atoms with Crippen molar-refractivity contribution in [3.63, 3.8) is 0 Å². The molecule has 1 aromatic carbocycles. The van der Waals surface area contributed by atoms with Gasteiger partial charge in [0.1, 0.15) is 6.33 Å². The summed E-state index contributed by atoms with van der Waals surface area (Å²) >= 11 is 0. The molecule has 130 valence electrons. The van der Waals surface area contributed by atoms with Crippen molar-refractivity contribution in [3.05, 3.63) is 53.7 Å². The minimum atomic E-state index is -0.303. The number of hydrogen-bond acceptors (Lipinski definition) is 4. The van der Waals surface area contributed by atoms with Gasteiger partial charge in [0.25, 0.3) is 0 Å². The maximum Gasteiger partial charge on any atom is 0.223 e. The van der Waals surface area contributed by atoms with Gasteiger partial charge in [0.2, 0.25) is 11.8 Å². The molecule has 3 rings (SSSR count). The highest BCUT2D eigenvalue weighted by molar-refractivity contribution is 5.81. The van der Waals surface area contributed by atoms with Crippen LogP contribution in [-0.2, 0) is 22.7 Å². The molecule has 1 aliphatic heterocycles. The lowest BCUT2D eigenvalue weighted by Crippen LogP contribution is -2.35. The molecule has 2 aromatic rings. The van der Waals surface area contributed by atoms with Crippen molar-refractivity contribution >= 4 is 17.9 Å². The second-order valence-electron chi connectivity index (χ2n) is 5.90. The first-order valence-electron chi connectivity index (χ1n) is 8.29. The molecule has 7 nitrogen and oxygen atoms in total. The number of aromatic nitrogens is 3. The lowest BCUT2D eigenvalue weighted by Gasteiger charge is -2.32. The fourth-order valence-electron chi connectivity index (χ4n) is 3.02. The Balaban J connectivity index is 1.72. The summed E-state index contributed by atoms with van der Waals surface area (Å²) in [4.78, 5) is 26.0. The fraction of sp³-hybridized carbons (Fsp3) is 0.333. The number of aryl methyl sites for hydroxylation is 1. The second-order valence-corrected chi connectivity index (χ2v) is 5.90. The molecule has 0 fully saturated rings. The van der Waals surface area contributed by atoms with E-state index >= 15 is 0 Å². The number of nitrogens with one attached hydrogen (secondary N) is 1. The van der Waals surface area contributed by atoms with E-state index in [1.165, 1.54) is 6.92 Å². The number of rotatable bonds is 5. The van der Waals surface area contributed by atoms with Crippen molar-refractivity contribution in [1.29, 1.82) is 0 Å². The van der Waals surface area contributed by atoms with Gasteiger partial charge in [-0.1, -0.05) is 24.3 Å². The Hall–Kier alpha value is -2.96. The zero-order valence-electron chi connectivity index (χ0n) is 14.3. The van der Waals surface area contributed by atoms with E-state index in [0.717, 1.165) is 17.7 Å². The minimum Gasteiger partial charge on any atom is -0.349 e. The van der Waals surface area contributed by atoms with Crippen LogP contribution < -0.4 is 5.32 Å². The van der Waals surface area contributed by atoms with Crippen molar-refractivity contribution in [3.8, 4) is 0 Å². The average Bonchev–Trinajstić information content (AvgIpc) is 3.07. The average molecular weight is 339 g/mol. The Morgan fingerprint density at radius 2 is 2.08 bits per heavy atom. The van der Waals surface area contributed by atoms with Crippen LogP contribution in [-0.4, -0.2) is 31.5 Å². The molecule has 0 aliphatic carbocycles. The number of benzene rings is 1. The van der Waals surface area contributed by atoms with Crippen LogP contribution in [0.3, 0.4) is 0 Å². The second kappa shape index (κ2) is 7.29. The molecule has 7 heteroatoms. The van der Waals surface area contributed by atoms with E-state index in [2.05, 4.69) is 15.5 Å². The van der Waals surface area contributed by atoms with Gasteiger partial charge in [0, 0.05) is 19.7 Å². The van der Waals surface area contributed by atoms with Crippen molar-refractivity contribution in [2.24, 2.45) is 0 Å². The fourth-order valence-corrected chi connectivity index (χ4v) is 3.02. The SMILES string of the molecule is CCn1cnnc1CNC(=O)C[C@@H]1c2ccccc2C=CN1C(C)=O. The highest BCUT2D eigenvalue weighted by Gasteiger charge is 2.28. The molecule has 2 heterocycles. The van der Waals surface area contributed by atoms with Gasteiger partial charge >= 0.3 is 0 Å². The first kappa shape index (κ1) is 16.9. The van der Waals surface area contributed by atoms with E-state index < -0.39 is 0 Å². The highest BCUT2D eigenvalue weighted by atomic mass is 16.2. The normalized spacial score (nSPS) is 15.8. The Morgan fingerprint density at radius 3 is 2.84 bits per heavy atom. The van der Waals surface area contributed by atoms with Crippen LogP contribution in [0, 0.1) is 0 Å². The summed E-state index contributed by atoms with van der Waals surface area (Å²) < 4.78 is 1.88. The summed E-state index contributed by atoms with van der Waals surface area (Å²) in [7, 11) is 0. The molecule has 2 amide bonds. The van der Waals surface area contributed by atoms with Crippen molar-refractivity contribution in [2.75, 3.05) is 0 Å². The maximum absolute atomic E-state index is 12.5. The molecule has 0 spiro atoms.